The molecule has 1 atom stereocenters. The Balaban J connectivity index is 2.23. The first-order chi connectivity index (χ1) is 8.77. The van der Waals surface area contributed by atoms with Crippen molar-refractivity contribution in [2.24, 2.45) is 0 Å². The van der Waals surface area contributed by atoms with Gasteiger partial charge < -0.3 is 5.11 Å². The third-order valence-corrected chi connectivity index (χ3v) is 3.26. The normalized spacial score (nSPS) is 12.1. The first-order valence-corrected chi connectivity index (χ1v) is 6.96. The maximum Gasteiger partial charge on any atom is 0.0991 e. The molecule has 1 aromatic carbocycles. The van der Waals surface area contributed by atoms with E-state index in [0.717, 1.165) is 18.4 Å². The molecule has 1 rings (SSSR count). The summed E-state index contributed by atoms with van der Waals surface area (Å²) in [5.74, 6) is 0. The van der Waals surface area contributed by atoms with Gasteiger partial charge in [0.25, 0.3) is 0 Å². The largest absolute Gasteiger partial charge is 0.388 e. The molecule has 0 saturated heterocycles. The second-order valence-corrected chi connectivity index (χ2v) is 4.81. The van der Waals surface area contributed by atoms with Crippen LogP contribution in [-0.2, 0) is 0 Å². The molecule has 0 spiro atoms. The molecule has 0 amide bonds. The lowest BCUT2D eigenvalue weighted by Crippen LogP contribution is -1.97. The van der Waals surface area contributed by atoms with Gasteiger partial charge in [-0.1, -0.05) is 57.6 Å². The molecule has 18 heavy (non-hydrogen) atoms. The van der Waals surface area contributed by atoms with Crippen LogP contribution in [0.25, 0.3) is 0 Å². The van der Waals surface area contributed by atoms with Crippen LogP contribution in [-0.4, -0.2) is 5.11 Å². The number of nitriles is 1. The van der Waals surface area contributed by atoms with Crippen LogP contribution in [0.2, 0.25) is 0 Å². The molecule has 1 unspecified atom stereocenters. The predicted octanol–water partition coefficient (Wildman–Crippen LogP) is 4.34. The Morgan fingerprint density at radius 1 is 1.06 bits per heavy atom. The van der Waals surface area contributed by atoms with Gasteiger partial charge in [-0.05, 0) is 24.1 Å². The molecule has 0 aliphatic heterocycles. The molecule has 0 saturated carbocycles. The minimum Gasteiger partial charge on any atom is -0.388 e. The lowest BCUT2D eigenvalue weighted by atomic mass is 10.0. The van der Waals surface area contributed by atoms with E-state index in [-0.39, 0.29) is 6.10 Å². The molecule has 98 valence electrons. The summed E-state index contributed by atoms with van der Waals surface area (Å²) in [4.78, 5) is 0. The van der Waals surface area contributed by atoms with Gasteiger partial charge in [-0.2, -0.15) is 5.26 Å². The molecule has 1 aromatic rings. The van der Waals surface area contributed by atoms with Crippen LogP contribution in [0.3, 0.4) is 0 Å². The number of hydrogen-bond donors (Lipinski definition) is 1. The average Bonchev–Trinajstić information content (AvgIpc) is 2.42. The number of hydrogen-bond acceptors (Lipinski definition) is 2. The van der Waals surface area contributed by atoms with Crippen molar-refractivity contribution in [2.75, 3.05) is 0 Å². The number of benzene rings is 1. The van der Waals surface area contributed by atoms with Crippen molar-refractivity contribution in [3.63, 3.8) is 0 Å². The number of unbranched alkanes of at least 4 members (excludes halogenated alkanes) is 5. The van der Waals surface area contributed by atoms with E-state index in [1.165, 1.54) is 32.1 Å². The molecule has 0 aromatic heterocycles. The van der Waals surface area contributed by atoms with Crippen LogP contribution in [0, 0.1) is 11.3 Å². The molecule has 1 N–H and O–H groups in total. The SMILES string of the molecule is CCCCCCCCC(O)c1ccc(C#N)cc1. The summed E-state index contributed by atoms with van der Waals surface area (Å²) in [6.45, 7) is 2.22. The lowest BCUT2D eigenvalue weighted by molar-refractivity contribution is 0.163. The molecule has 0 aliphatic carbocycles. The Hall–Kier alpha value is -1.33. The van der Waals surface area contributed by atoms with Crippen LogP contribution in [0.4, 0.5) is 0 Å². The zero-order chi connectivity index (χ0) is 13.2. The molecule has 2 heteroatoms. The lowest BCUT2D eigenvalue weighted by Gasteiger charge is -2.10. The molecule has 2 nitrogen and oxygen atoms in total. The van der Waals surface area contributed by atoms with E-state index in [1.807, 2.05) is 12.1 Å². The number of nitrogens with zero attached hydrogens (tertiary/aromatic N) is 1. The van der Waals surface area contributed by atoms with E-state index in [2.05, 4.69) is 13.0 Å². The van der Waals surface area contributed by atoms with Gasteiger partial charge in [0.05, 0.1) is 17.7 Å². The van der Waals surface area contributed by atoms with Crippen LogP contribution < -0.4 is 0 Å². The molecule has 0 bridgehead atoms. The van der Waals surface area contributed by atoms with E-state index in [1.54, 1.807) is 12.1 Å². The third kappa shape index (κ3) is 5.33. The van der Waals surface area contributed by atoms with Crippen molar-refractivity contribution >= 4 is 0 Å². The minimum atomic E-state index is -0.385. The van der Waals surface area contributed by atoms with Crippen LogP contribution in [0.15, 0.2) is 24.3 Å². The van der Waals surface area contributed by atoms with Crippen molar-refractivity contribution in [1.29, 1.82) is 5.26 Å². The summed E-state index contributed by atoms with van der Waals surface area (Å²) in [5, 5.41) is 18.7. The van der Waals surface area contributed by atoms with E-state index in [4.69, 9.17) is 5.26 Å². The number of aliphatic hydroxyl groups excluding tert-OH is 1. The second kappa shape index (κ2) is 8.72. The Bertz CT molecular complexity index is 364. The second-order valence-electron chi connectivity index (χ2n) is 4.81. The van der Waals surface area contributed by atoms with Crippen molar-refractivity contribution in [3.8, 4) is 6.07 Å². The first-order valence-electron chi connectivity index (χ1n) is 6.96. The van der Waals surface area contributed by atoms with Gasteiger partial charge in [-0.25, -0.2) is 0 Å². The first kappa shape index (κ1) is 14.7. The maximum atomic E-state index is 10.0. The fourth-order valence-corrected chi connectivity index (χ4v) is 2.06. The summed E-state index contributed by atoms with van der Waals surface area (Å²) in [6.07, 6.45) is 7.88. The Morgan fingerprint density at radius 2 is 1.67 bits per heavy atom. The molecular formula is C16H23NO. The topological polar surface area (TPSA) is 44.0 Å². The van der Waals surface area contributed by atoms with Gasteiger partial charge in [0, 0.05) is 0 Å². The Labute approximate surface area is 110 Å². The molecular weight excluding hydrogens is 222 g/mol. The van der Waals surface area contributed by atoms with Crippen LogP contribution in [0.1, 0.15) is 69.1 Å². The zero-order valence-corrected chi connectivity index (χ0v) is 11.2. The summed E-state index contributed by atoms with van der Waals surface area (Å²) in [6, 6.07) is 9.31. The monoisotopic (exact) mass is 245 g/mol. The van der Waals surface area contributed by atoms with E-state index in [0.29, 0.717) is 5.56 Å². The summed E-state index contributed by atoms with van der Waals surface area (Å²) >= 11 is 0. The molecule has 0 fully saturated rings. The maximum absolute atomic E-state index is 10.0. The van der Waals surface area contributed by atoms with Crippen molar-refractivity contribution in [3.05, 3.63) is 35.4 Å². The molecule has 0 radical (unpaired) electrons. The Morgan fingerprint density at radius 3 is 2.28 bits per heavy atom. The summed E-state index contributed by atoms with van der Waals surface area (Å²) < 4.78 is 0. The number of aliphatic hydroxyl groups is 1. The van der Waals surface area contributed by atoms with Crippen LogP contribution >= 0.6 is 0 Å². The highest BCUT2D eigenvalue weighted by atomic mass is 16.3. The summed E-state index contributed by atoms with van der Waals surface area (Å²) in [5.41, 5.74) is 1.56. The smallest absolute Gasteiger partial charge is 0.0991 e. The fourth-order valence-electron chi connectivity index (χ4n) is 2.06. The highest BCUT2D eigenvalue weighted by molar-refractivity contribution is 5.32. The summed E-state index contributed by atoms with van der Waals surface area (Å²) in [7, 11) is 0. The highest BCUT2D eigenvalue weighted by Gasteiger charge is 2.06. The van der Waals surface area contributed by atoms with Gasteiger partial charge in [0.15, 0.2) is 0 Å². The zero-order valence-electron chi connectivity index (χ0n) is 11.2. The quantitative estimate of drug-likeness (QED) is 0.692. The fraction of sp³-hybridized carbons (Fsp3) is 0.562. The van der Waals surface area contributed by atoms with E-state index >= 15 is 0 Å². The third-order valence-electron chi connectivity index (χ3n) is 3.26. The van der Waals surface area contributed by atoms with Crippen molar-refractivity contribution < 1.29 is 5.11 Å². The predicted molar refractivity (Wildman–Crippen MR) is 74.1 cm³/mol. The highest BCUT2D eigenvalue weighted by Crippen LogP contribution is 2.20. The van der Waals surface area contributed by atoms with E-state index in [9.17, 15) is 5.11 Å². The minimum absolute atomic E-state index is 0.385. The van der Waals surface area contributed by atoms with Crippen LogP contribution in [0.5, 0.6) is 0 Å². The molecule has 0 heterocycles. The van der Waals surface area contributed by atoms with Gasteiger partial charge in [-0.3, -0.25) is 0 Å². The van der Waals surface area contributed by atoms with Gasteiger partial charge >= 0.3 is 0 Å². The molecule has 0 aliphatic rings. The number of rotatable bonds is 8. The van der Waals surface area contributed by atoms with Gasteiger partial charge in [0.2, 0.25) is 0 Å². The van der Waals surface area contributed by atoms with E-state index < -0.39 is 0 Å². The average molecular weight is 245 g/mol. The van der Waals surface area contributed by atoms with Crippen molar-refractivity contribution in [2.45, 2.75) is 58.0 Å². The Kier molecular flexibility index (Phi) is 7.13. The van der Waals surface area contributed by atoms with Gasteiger partial charge in [-0.15, -0.1) is 0 Å². The van der Waals surface area contributed by atoms with Gasteiger partial charge in [0.1, 0.15) is 0 Å². The van der Waals surface area contributed by atoms with Crippen molar-refractivity contribution in [1.82, 2.24) is 0 Å². The standard InChI is InChI=1S/C16H23NO/c1-2-3-4-5-6-7-8-16(18)15-11-9-14(13-17)10-12-15/h9-12,16,18H,2-8H2,1H3.